The van der Waals surface area contributed by atoms with Crippen LogP contribution in [0.2, 0.25) is 0 Å². The molecule has 0 aliphatic carbocycles. The van der Waals surface area contributed by atoms with Gasteiger partial charge in [-0.25, -0.2) is 4.98 Å². The molecule has 0 spiro atoms. The molecular formula is C13H15BrN2. The number of hydrogen-bond acceptors (Lipinski definition) is 1. The fourth-order valence-electron chi connectivity index (χ4n) is 1.80. The number of hydrogen-bond donors (Lipinski definition) is 0. The van der Waals surface area contributed by atoms with E-state index in [1.807, 2.05) is 6.92 Å². The van der Waals surface area contributed by atoms with Gasteiger partial charge in [0, 0.05) is 13.5 Å². The zero-order valence-electron chi connectivity index (χ0n) is 9.79. The lowest BCUT2D eigenvalue weighted by atomic mass is 10.0. The zero-order chi connectivity index (χ0) is 11.7. The van der Waals surface area contributed by atoms with Crippen molar-refractivity contribution in [2.45, 2.75) is 20.3 Å². The number of imidazole rings is 1. The largest absolute Gasteiger partial charge is 0.334 e. The Morgan fingerprint density at radius 3 is 2.50 bits per heavy atom. The molecule has 0 saturated carbocycles. The molecule has 0 radical (unpaired) electrons. The Labute approximate surface area is 104 Å². The van der Waals surface area contributed by atoms with Crippen molar-refractivity contribution in [3.63, 3.8) is 0 Å². The molecule has 0 aliphatic heterocycles. The monoisotopic (exact) mass is 278 g/mol. The highest BCUT2D eigenvalue weighted by Gasteiger charge is 2.11. The maximum absolute atomic E-state index is 4.42. The highest BCUT2D eigenvalue weighted by molar-refractivity contribution is 9.10. The molecule has 0 unspecified atom stereocenters. The first-order chi connectivity index (χ1) is 7.59. The molecule has 2 aromatic rings. The predicted molar refractivity (Wildman–Crippen MR) is 69.6 cm³/mol. The van der Waals surface area contributed by atoms with Gasteiger partial charge in [0.25, 0.3) is 0 Å². The molecule has 0 saturated heterocycles. The van der Waals surface area contributed by atoms with E-state index in [4.69, 9.17) is 0 Å². The first-order valence-electron chi connectivity index (χ1n) is 5.32. The topological polar surface area (TPSA) is 17.8 Å². The molecule has 0 atom stereocenters. The minimum atomic E-state index is 0.921. The van der Waals surface area contributed by atoms with Gasteiger partial charge in [-0.15, -0.1) is 0 Å². The highest BCUT2D eigenvalue weighted by atomic mass is 79.9. The molecular weight excluding hydrogens is 264 g/mol. The van der Waals surface area contributed by atoms with Gasteiger partial charge in [0.2, 0.25) is 0 Å². The van der Waals surface area contributed by atoms with Crippen LogP contribution in [0.4, 0.5) is 0 Å². The molecule has 16 heavy (non-hydrogen) atoms. The van der Waals surface area contributed by atoms with E-state index in [2.05, 4.69) is 63.7 Å². The van der Waals surface area contributed by atoms with Crippen molar-refractivity contribution < 1.29 is 0 Å². The van der Waals surface area contributed by atoms with Crippen LogP contribution >= 0.6 is 15.9 Å². The van der Waals surface area contributed by atoms with E-state index in [1.165, 1.54) is 16.8 Å². The Morgan fingerprint density at radius 1 is 1.25 bits per heavy atom. The number of halogens is 1. The quantitative estimate of drug-likeness (QED) is 0.824. The molecule has 1 aromatic heterocycles. The van der Waals surface area contributed by atoms with Gasteiger partial charge in [0.1, 0.15) is 10.4 Å². The number of nitrogens with zero attached hydrogens (tertiary/aromatic N) is 2. The van der Waals surface area contributed by atoms with E-state index in [0.717, 1.165) is 16.8 Å². The second kappa shape index (κ2) is 4.42. The molecule has 3 heteroatoms. The molecule has 1 heterocycles. The third kappa shape index (κ3) is 2.05. The van der Waals surface area contributed by atoms with Gasteiger partial charge < -0.3 is 4.57 Å². The van der Waals surface area contributed by atoms with Gasteiger partial charge in [-0.3, -0.25) is 0 Å². The standard InChI is InChI=1S/C13H15BrN2/c1-9-6-4-5-7-11(9)8-12-13(14)15-10(2)16(12)3/h4-7H,8H2,1-3H3. The normalized spacial score (nSPS) is 10.8. The predicted octanol–water partition coefficient (Wildman–Crippen LogP) is 3.39. The minimum Gasteiger partial charge on any atom is -0.334 e. The summed E-state index contributed by atoms with van der Waals surface area (Å²) in [5, 5.41) is 0. The van der Waals surface area contributed by atoms with E-state index in [-0.39, 0.29) is 0 Å². The van der Waals surface area contributed by atoms with Crippen molar-refractivity contribution in [2.75, 3.05) is 0 Å². The molecule has 0 aliphatic rings. The highest BCUT2D eigenvalue weighted by Crippen LogP contribution is 2.21. The van der Waals surface area contributed by atoms with Crippen LogP contribution in [0.5, 0.6) is 0 Å². The Kier molecular flexibility index (Phi) is 3.15. The fourth-order valence-corrected chi connectivity index (χ4v) is 2.46. The fraction of sp³-hybridized carbons (Fsp3) is 0.308. The van der Waals surface area contributed by atoms with Crippen molar-refractivity contribution in [2.24, 2.45) is 7.05 Å². The SMILES string of the molecule is Cc1ccccc1Cc1c(Br)nc(C)n1C. The van der Waals surface area contributed by atoms with E-state index >= 15 is 0 Å². The van der Waals surface area contributed by atoms with Gasteiger partial charge in [0.15, 0.2) is 0 Å². The molecule has 0 fully saturated rings. The van der Waals surface area contributed by atoms with Crippen molar-refractivity contribution >= 4 is 15.9 Å². The lowest BCUT2D eigenvalue weighted by molar-refractivity contribution is 0.804. The molecule has 0 amide bonds. The number of aromatic nitrogens is 2. The maximum atomic E-state index is 4.42. The minimum absolute atomic E-state index is 0.921. The van der Waals surface area contributed by atoms with Gasteiger partial charge >= 0.3 is 0 Å². The Morgan fingerprint density at radius 2 is 1.94 bits per heavy atom. The van der Waals surface area contributed by atoms with Crippen LogP contribution in [-0.4, -0.2) is 9.55 Å². The summed E-state index contributed by atoms with van der Waals surface area (Å²) in [7, 11) is 2.06. The van der Waals surface area contributed by atoms with Crippen LogP contribution < -0.4 is 0 Å². The van der Waals surface area contributed by atoms with Gasteiger partial charge in [0.05, 0.1) is 5.69 Å². The summed E-state index contributed by atoms with van der Waals surface area (Å²) in [5.41, 5.74) is 3.91. The van der Waals surface area contributed by atoms with Crippen LogP contribution in [0, 0.1) is 13.8 Å². The average Bonchev–Trinajstić information content (AvgIpc) is 2.48. The second-order valence-electron chi connectivity index (χ2n) is 4.06. The lowest BCUT2D eigenvalue weighted by Crippen LogP contribution is -2.01. The molecule has 84 valence electrons. The molecule has 1 aromatic carbocycles. The van der Waals surface area contributed by atoms with E-state index < -0.39 is 0 Å². The van der Waals surface area contributed by atoms with Gasteiger partial charge in [-0.2, -0.15) is 0 Å². The van der Waals surface area contributed by atoms with Crippen LogP contribution in [0.15, 0.2) is 28.9 Å². The summed E-state index contributed by atoms with van der Waals surface area (Å²) in [4.78, 5) is 4.42. The summed E-state index contributed by atoms with van der Waals surface area (Å²) in [5.74, 6) is 1.04. The van der Waals surface area contributed by atoms with Crippen molar-refractivity contribution in [1.29, 1.82) is 0 Å². The molecule has 0 bridgehead atoms. The summed E-state index contributed by atoms with van der Waals surface area (Å²) < 4.78 is 3.09. The van der Waals surface area contributed by atoms with Crippen LogP contribution in [0.25, 0.3) is 0 Å². The average molecular weight is 279 g/mol. The third-order valence-corrected chi connectivity index (χ3v) is 3.64. The maximum Gasteiger partial charge on any atom is 0.127 e. The van der Waals surface area contributed by atoms with Gasteiger partial charge in [-0.05, 0) is 40.9 Å². The first kappa shape index (κ1) is 11.4. The second-order valence-corrected chi connectivity index (χ2v) is 4.81. The smallest absolute Gasteiger partial charge is 0.127 e. The van der Waals surface area contributed by atoms with Crippen LogP contribution in [0.3, 0.4) is 0 Å². The van der Waals surface area contributed by atoms with E-state index in [1.54, 1.807) is 0 Å². The zero-order valence-corrected chi connectivity index (χ0v) is 11.4. The Balaban J connectivity index is 2.38. The van der Waals surface area contributed by atoms with E-state index in [9.17, 15) is 0 Å². The molecule has 2 nitrogen and oxygen atoms in total. The number of benzene rings is 1. The Hall–Kier alpha value is -1.09. The third-order valence-electron chi connectivity index (χ3n) is 3.01. The Bertz CT molecular complexity index is 515. The number of aryl methyl sites for hydroxylation is 2. The number of rotatable bonds is 2. The molecule has 0 N–H and O–H groups in total. The summed E-state index contributed by atoms with van der Waals surface area (Å²) in [6.45, 7) is 4.17. The van der Waals surface area contributed by atoms with Crippen molar-refractivity contribution in [1.82, 2.24) is 9.55 Å². The summed E-state index contributed by atoms with van der Waals surface area (Å²) in [6.07, 6.45) is 0.921. The van der Waals surface area contributed by atoms with Crippen LogP contribution in [0.1, 0.15) is 22.6 Å². The summed E-state index contributed by atoms with van der Waals surface area (Å²) in [6, 6.07) is 8.47. The summed E-state index contributed by atoms with van der Waals surface area (Å²) >= 11 is 3.52. The van der Waals surface area contributed by atoms with Crippen molar-refractivity contribution in [3.05, 3.63) is 51.5 Å². The lowest BCUT2D eigenvalue weighted by Gasteiger charge is -2.07. The van der Waals surface area contributed by atoms with Gasteiger partial charge in [-0.1, -0.05) is 24.3 Å². The van der Waals surface area contributed by atoms with Crippen molar-refractivity contribution in [3.8, 4) is 0 Å². The molecule has 2 rings (SSSR count). The van der Waals surface area contributed by atoms with Crippen LogP contribution in [-0.2, 0) is 13.5 Å². The van der Waals surface area contributed by atoms with E-state index in [0.29, 0.717) is 0 Å². The first-order valence-corrected chi connectivity index (χ1v) is 6.11.